The molecule has 0 unspecified atom stereocenters. The molecule has 0 radical (unpaired) electrons. The predicted molar refractivity (Wildman–Crippen MR) is 68.9 cm³/mol. The molecule has 1 N–H and O–H groups in total. The molecule has 1 rings (SSSR count). The number of benzene rings is 1. The van der Waals surface area contributed by atoms with Gasteiger partial charge in [0.2, 0.25) is 0 Å². The highest BCUT2D eigenvalue weighted by atomic mass is 35.5. The highest BCUT2D eigenvalue weighted by Gasteiger charge is 2.03. The lowest BCUT2D eigenvalue weighted by Gasteiger charge is -2.13. The Morgan fingerprint density at radius 2 is 2.12 bits per heavy atom. The normalized spacial score (nSPS) is 10.5. The number of nitrogens with one attached hydrogen (secondary N) is 1. The highest BCUT2D eigenvalue weighted by molar-refractivity contribution is 6.29. The Morgan fingerprint density at radius 3 is 2.75 bits per heavy atom. The smallest absolute Gasteiger partial charge is 0.124 e. The molecule has 0 aliphatic rings. The zero-order chi connectivity index (χ0) is 12.0. The third-order valence-corrected chi connectivity index (χ3v) is 2.17. The van der Waals surface area contributed by atoms with Crippen molar-refractivity contribution in [2.45, 2.75) is 26.4 Å². The molecule has 0 aliphatic carbocycles. The van der Waals surface area contributed by atoms with Crippen LogP contribution in [0.2, 0.25) is 0 Å². The molecule has 0 saturated heterocycles. The molecule has 2 nitrogen and oxygen atoms in total. The van der Waals surface area contributed by atoms with Crippen LogP contribution >= 0.6 is 11.6 Å². The van der Waals surface area contributed by atoms with Crippen molar-refractivity contribution in [1.82, 2.24) is 5.32 Å². The molecule has 0 fully saturated rings. The summed E-state index contributed by atoms with van der Waals surface area (Å²) in [7, 11) is 0. The summed E-state index contributed by atoms with van der Waals surface area (Å²) in [5.41, 5.74) is 1.13. The number of rotatable bonds is 6. The van der Waals surface area contributed by atoms with Gasteiger partial charge in [0.15, 0.2) is 0 Å². The van der Waals surface area contributed by atoms with E-state index in [9.17, 15) is 0 Å². The molecule has 0 aromatic heterocycles. The molecule has 3 heteroatoms. The minimum atomic E-state index is 0.347. The maximum atomic E-state index is 5.67. The Bertz CT molecular complexity index is 350. The van der Waals surface area contributed by atoms with Gasteiger partial charge in [0, 0.05) is 23.2 Å². The minimum Gasteiger partial charge on any atom is -0.488 e. The summed E-state index contributed by atoms with van der Waals surface area (Å²) in [5, 5.41) is 3.86. The second kappa shape index (κ2) is 6.56. The van der Waals surface area contributed by atoms with Crippen molar-refractivity contribution in [1.29, 1.82) is 0 Å². The maximum Gasteiger partial charge on any atom is 0.124 e. The lowest BCUT2D eigenvalue weighted by Crippen LogP contribution is -2.22. The molecule has 0 heterocycles. The van der Waals surface area contributed by atoms with Crippen molar-refractivity contribution < 1.29 is 4.74 Å². The van der Waals surface area contributed by atoms with E-state index in [-0.39, 0.29) is 0 Å². The van der Waals surface area contributed by atoms with Gasteiger partial charge in [-0.05, 0) is 6.07 Å². The fraction of sp³-hybridized carbons (Fsp3) is 0.385. The van der Waals surface area contributed by atoms with Crippen LogP contribution in [-0.2, 0) is 6.54 Å². The quantitative estimate of drug-likeness (QED) is 0.823. The molecule has 1 aromatic rings. The zero-order valence-corrected chi connectivity index (χ0v) is 10.6. The molecular formula is C13H18ClNO. The highest BCUT2D eigenvalue weighted by Crippen LogP contribution is 2.18. The standard InChI is InChI=1S/C13H18ClNO/c1-10(2)15-8-12-6-4-5-7-13(12)16-9-11(3)14/h4-7,10,15H,3,8-9H2,1-2H3. The van der Waals surface area contributed by atoms with Gasteiger partial charge in [-0.25, -0.2) is 0 Å². The van der Waals surface area contributed by atoms with Crippen molar-refractivity contribution in [3.8, 4) is 5.75 Å². The van der Waals surface area contributed by atoms with E-state index in [1.807, 2.05) is 24.3 Å². The van der Waals surface area contributed by atoms with Crippen LogP contribution in [0.3, 0.4) is 0 Å². The second-order valence-electron chi connectivity index (χ2n) is 3.95. The molecule has 0 saturated carbocycles. The summed E-state index contributed by atoms with van der Waals surface area (Å²) >= 11 is 5.67. The van der Waals surface area contributed by atoms with Gasteiger partial charge in [-0.15, -0.1) is 0 Å². The number of para-hydroxylation sites is 1. The van der Waals surface area contributed by atoms with Gasteiger partial charge < -0.3 is 10.1 Å². The first-order valence-corrected chi connectivity index (χ1v) is 5.74. The van der Waals surface area contributed by atoms with E-state index < -0.39 is 0 Å². The monoisotopic (exact) mass is 239 g/mol. The van der Waals surface area contributed by atoms with Crippen LogP contribution in [0.25, 0.3) is 0 Å². The maximum absolute atomic E-state index is 5.67. The van der Waals surface area contributed by atoms with Gasteiger partial charge in [-0.3, -0.25) is 0 Å². The molecule has 1 aromatic carbocycles. The van der Waals surface area contributed by atoms with E-state index >= 15 is 0 Å². The SMILES string of the molecule is C=C(Cl)COc1ccccc1CNC(C)C. The first-order chi connectivity index (χ1) is 7.59. The Kier molecular flexibility index (Phi) is 5.36. The summed E-state index contributed by atoms with van der Waals surface area (Å²) in [4.78, 5) is 0. The summed E-state index contributed by atoms with van der Waals surface area (Å²) in [6, 6.07) is 8.39. The fourth-order valence-electron chi connectivity index (χ4n) is 1.26. The lowest BCUT2D eigenvalue weighted by atomic mass is 10.2. The van der Waals surface area contributed by atoms with Crippen LogP contribution in [0.5, 0.6) is 5.75 Å². The van der Waals surface area contributed by atoms with E-state index in [0.717, 1.165) is 17.9 Å². The summed E-state index contributed by atoms with van der Waals surface area (Å²) in [6.45, 7) is 8.97. The number of halogens is 1. The topological polar surface area (TPSA) is 21.3 Å². The van der Waals surface area contributed by atoms with Gasteiger partial charge in [-0.2, -0.15) is 0 Å². The van der Waals surface area contributed by atoms with Crippen LogP contribution in [0.4, 0.5) is 0 Å². The molecule has 0 aliphatic heterocycles. The van der Waals surface area contributed by atoms with Gasteiger partial charge in [0.05, 0.1) is 0 Å². The lowest BCUT2D eigenvalue weighted by molar-refractivity contribution is 0.353. The Balaban J connectivity index is 2.63. The second-order valence-corrected chi connectivity index (χ2v) is 4.48. The van der Waals surface area contributed by atoms with Gasteiger partial charge >= 0.3 is 0 Å². The van der Waals surface area contributed by atoms with Crippen LogP contribution in [-0.4, -0.2) is 12.6 Å². The predicted octanol–water partition coefficient (Wildman–Crippen LogP) is 3.32. The van der Waals surface area contributed by atoms with E-state index in [2.05, 4.69) is 25.7 Å². The molecule has 0 spiro atoms. The van der Waals surface area contributed by atoms with Crippen molar-refractivity contribution in [2.24, 2.45) is 0 Å². The van der Waals surface area contributed by atoms with Crippen LogP contribution in [0.15, 0.2) is 35.9 Å². The van der Waals surface area contributed by atoms with Gasteiger partial charge in [-0.1, -0.05) is 50.2 Å². The fourth-order valence-corrected chi connectivity index (χ4v) is 1.32. The molecule has 16 heavy (non-hydrogen) atoms. The van der Waals surface area contributed by atoms with Crippen molar-refractivity contribution in [2.75, 3.05) is 6.61 Å². The summed E-state index contributed by atoms with van der Waals surface area (Å²) in [6.07, 6.45) is 0. The van der Waals surface area contributed by atoms with Crippen molar-refractivity contribution >= 4 is 11.6 Å². The van der Waals surface area contributed by atoms with Crippen LogP contribution < -0.4 is 10.1 Å². The third-order valence-electron chi connectivity index (χ3n) is 2.06. The average Bonchev–Trinajstić information content (AvgIpc) is 2.24. The summed E-state index contributed by atoms with van der Waals surface area (Å²) < 4.78 is 5.56. The van der Waals surface area contributed by atoms with Gasteiger partial charge in [0.25, 0.3) is 0 Å². The number of hydrogen-bond acceptors (Lipinski definition) is 2. The Hall–Kier alpha value is -0.990. The molecular weight excluding hydrogens is 222 g/mol. The van der Waals surface area contributed by atoms with Crippen LogP contribution in [0.1, 0.15) is 19.4 Å². The molecule has 0 atom stereocenters. The first-order valence-electron chi connectivity index (χ1n) is 5.37. The van der Waals surface area contributed by atoms with E-state index in [4.69, 9.17) is 16.3 Å². The van der Waals surface area contributed by atoms with Crippen molar-refractivity contribution in [3.63, 3.8) is 0 Å². The van der Waals surface area contributed by atoms with E-state index in [1.54, 1.807) is 0 Å². The molecule has 88 valence electrons. The van der Waals surface area contributed by atoms with E-state index in [0.29, 0.717) is 17.7 Å². The minimum absolute atomic E-state index is 0.347. The van der Waals surface area contributed by atoms with Crippen LogP contribution in [0, 0.1) is 0 Å². The largest absolute Gasteiger partial charge is 0.488 e. The first kappa shape index (κ1) is 13.1. The Morgan fingerprint density at radius 1 is 1.44 bits per heavy atom. The number of ether oxygens (including phenoxy) is 1. The number of hydrogen-bond donors (Lipinski definition) is 1. The average molecular weight is 240 g/mol. The summed E-state index contributed by atoms with van der Waals surface area (Å²) in [5.74, 6) is 0.859. The molecule has 0 bridgehead atoms. The third kappa shape index (κ3) is 4.69. The van der Waals surface area contributed by atoms with Crippen molar-refractivity contribution in [3.05, 3.63) is 41.4 Å². The Labute approximate surface area is 102 Å². The molecule has 0 amide bonds. The van der Waals surface area contributed by atoms with Gasteiger partial charge in [0.1, 0.15) is 12.4 Å². The zero-order valence-electron chi connectivity index (χ0n) is 9.79. The van der Waals surface area contributed by atoms with E-state index in [1.165, 1.54) is 0 Å².